The van der Waals surface area contributed by atoms with Crippen LogP contribution < -0.4 is 10.2 Å². The van der Waals surface area contributed by atoms with Crippen LogP contribution in [0.1, 0.15) is 29.7 Å². The van der Waals surface area contributed by atoms with Crippen LogP contribution in [0.15, 0.2) is 29.3 Å². The van der Waals surface area contributed by atoms with E-state index >= 15 is 0 Å². The van der Waals surface area contributed by atoms with Gasteiger partial charge in [-0.3, -0.25) is 9.59 Å². The number of benzene rings is 1. The van der Waals surface area contributed by atoms with E-state index < -0.39 is 0 Å². The lowest BCUT2D eigenvalue weighted by Gasteiger charge is -2.35. The molecule has 34 heavy (non-hydrogen) atoms. The number of piperidine rings is 1. The number of ether oxygens (including phenoxy) is 1. The summed E-state index contributed by atoms with van der Waals surface area (Å²) in [5.74, 6) is 1.04. The maximum atomic E-state index is 13.3. The number of aromatic nitrogens is 3. The average molecular weight is 496 g/mol. The Balaban J connectivity index is 1.27. The van der Waals surface area contributed by atoms with E-state index in [2.05, 4.69) is 20.3 Å². The van der Waals surface area contributed by atoms with Crippen LogP contribution in [0.25, 0.3) is 20.4 Å². The zero-order valence-corrected chi connectivity index (χ0v) is 20.4. The highest BCUT2D eigenvalue weighted by Crippen LogP contribution is 2.41. The fraction of sp³-hybridized carbons (Fsp3) is 0.417. The number of amides is 1. The second kappa shape index (κ2) is 8.75. The van der Waals surface area contributed by atoms with Gasteiger partial charge in [-0.05, 0) is 55.9 Å². The second-order valence-corrected chi connectivity index (χ2v) is 11.1. The number of anilines is 2. The first-order valence-electron chi connectivity index (χ1n) is 11.6. The maximum absolute atomic E-state index is 13.3. The van der Waals surface area contributed by atoms with Crippen molar-refractivity contribution < 1.29 is 9.53 Å². The Labute approximate surface area is 204 Å². The third-order valence-electron chi connectivity index (χ3n) is 6.90. The normalized spacial score (nSPS) is 20.6. The molecule has 4 heterocycles. The number of carbonyl (C=O) groups is 1. The number of methoxy groups -OCH3 is 1. The molecule has 1 fully saturated rings. The van der Waals surface area contributed by atoms with Crippen LogP contribution in [0.3, 0.4) is 0 Å². The van der Waals surface area contributed by atoms with E-state index in [4.69, 9.17) is 4.74 Å². The van der Waals surface area contributed by atoms with Gasteiger partial charge in [0.05, 0.1) is 21.7 Å². The van der Waals surface area contributed by atoms with Crippen molar-refractivity contribution in [2.45, 2.75) is 38.2 Å². The van der Waals surface area contributed by atoms with E-state index in [0.29, 0.717) is 6.54 Å². The third kappa shape index (κ3) is 3.89. The van der Waals surface area contributed by atoms with Gasteiger partial charge in [0.25, 0.3) is 0 Å². The quantitative estimate of drug-likeness (QED) is 0.443. The Morgan fingerprint density at radius 3 is 3.06 bits per heavy atom. The number of hydrogen-bond acceptors (Lipinski definition) is 8. The fourth-order valence-electron chi connectivity index (χ4n) is 5.16. The average Bonchev–Trinajstić information content (AvgIpc) is 3.42. The SMILES string of the molecule is COC1CCCN(C(=O)C2CCc3c(sc4ncnc(Nc5ccc6[nH]c(=O)sc6c5)c34)C2)C1. The largest absolute Gasteiger partial charge is 0.380 e. The summed E-state index contributed by atoms with van der Waals surface area (Å²) < 4.78 is 6.42. The lowest BCUT2D eigenvalue weighted by atomic mass is 9.86. The van der Waals surface area contributed by atoms with Gasteiger partial charge in [-0.1, -0.05) is 11.3 Å². The molecule has 4 aromatic rings. The summed E-state index contributed by atoms with van der Waals surface area (Å²) in [6.07, 6.45) is 6.19. The molecular weight excluding hydrogens is 470 g/mol. The molecule has 176 valence electrons. The van der Waals surface area contributed by atoms with Crippen molar-refractivity contribution in [1.82, 2.24) is 19.9 Å². The van der Waals surface area contributed by atoms with Crippen molar-refractivity contribution in [3.63, 3.8) is 0 Å². The number of H-pyrrole nitrogens is 1. The minimum absolute atomic E-state index is 0.0132. The monoisotopic (exact) mass is 495 g/mol. The predicted molar refractivity (Wildman–Crippen MR) is 135 cm³/mol. The molecule has 1 aliphatic carbocycles. The number of nitrogens with zero attached hydrogens (tertiary/aromatic N) is 3. The van der Waals surface area contributed by atoms with Crippen LogP contribution in [0, 0.1) is 5.92 Å². The van der Waals surface area contributed by atoms with Gasteiger partial charge in [0.15, 0.2) is 0 Å². The van der Waals surface area contributed by atoms with E-state index in [-0.39, 0.29) is 22.8 Å². The van der Waals surface area contributed by atoms with Crippen LogP contribution in [0.5, 0.6) is 0 Å². The van der Waals surface area contributed by atoms with Crippen molar-refractivity contribution in [2.75, 3.05) is 25.5 Å². The highest BCUT2D eigenvalue weighted by molar-refractivity contribution is 7.19. The van der Waals surface area contributed by atoms with Gasteiger partial charge in [0, 0.05) is 36.7 Å². The first-order valence-corrected chi connectivity index (χ1v) is 13.2. The molecule has 8 nitrogen and oxygen atoms in total. The van der Waals surface area contributed by atoms with Crippen LogP contribution in [-0.4, -0.2) is 52.1 Å². The highest BCUT2D eigenvalue weighted by atomic mass is 32.1. The number of aryl methyl sites for hydroxylation is 1. The minimum Gasteiger partial charge on any atom is -0.380 e. The Morgan fingerprint density at radius 1 is 1.26 bits per heavy atom. The molecule has 0 spiro atoms. The smallest absolute Gasteiger partial charge is 0.305 e. The molecule has 1 saturated heterocycles. The first-order chi connectivity index (χ1) is 16.6. The number of thiophene rings is 1. The van der Waals surface area contributed by atoms with E-state index in [1.54, 1.807) is 24.8 Å². The number of likely N-dealkylation sites (tertiary alicyclic amines) is 1. The van der Waals surface area contributed by atoms with Gasteiger partial charge in [-0.15, -0.1) is 11.3 Å². The Morgan fingerprint density at radius 2 is 2.18 bits per heavy atom. The number of carbonyl (C=O) groups excluding carboxylic acids is 1. The summed E-state index contributed by atoms with van der Waals surface area (Å²) in [4.78, 5) is 41.0. The van der Waals surface area contributed by atoms with Gasteiger partial charge in [0.1, 0.15) is 17.0 Å². The van der Waals surface area contributed by atoms with Crippen LogP contribution in [-0.2, 0) is 22.4 Å². The van der Waals surface area contributed by atoms with Crippen molar-refractivity contribution in [3.8, 4) is 0 Å². The van der Waals surface area contributed by atoms with Crippen molar-refractivity contribution in [2.24, 2.45) is 5.92 Å². The lowest BCUT2D eigenvalue weighted by molar-refractivity contribution is -0.139. The maximum Gasteiger partial charge on any atom is 0.305 e. The molecule has 1 aromatic carbocycles. The van der Waals surface area contributed by atoms with E-state index in [9.17, 15) is 9.59 Å². The number of aromatic amines is 1. The number of fused-ring (bicyclic) bond motifs is 4. The van der Waals surface area contributed by atoms with Gasteiger partial charge < -0.3 is 19.9 Å². The van der Waals surface area contributed by atoms with Crippen molar-refractivity contribution >= 4 is 60.5 Å². The van der Waals surface area contributed by atoms with Gasteiger partial charge in [-0.2, -0.15) is 0 Å². The van der Waals surface area contributed by atoms with Gasteiger partial charge in [-0.25, -0.2) is 9.97 Å². The topological polar surface area (TPSA) is 100 Å². The van der Waals surface area contributed by atoms with Crippen molar-refractivity contribution in [1.29, 1.82) is 0 Å². The minimum atomic E-state index is -0.0603. The molecule has 0 bridgehead atoms. The predicted octanol–water partition coefficient (Wildman–Crippen LogP) is 4.08. The molecular formula is C24H25N5O3S2. The highest BCUT2D eigenvalue weighted by Gasteiger charge is 2.33. The molecule has 2 N–H and O–H groups in total. The standard InChI is InChI=1S/C24H25N5O3S2/c1-32-15-3-2-8-29(11-15)23(30)13-4-6-16-18(9-13)33-22-20(16)21(25-12-26-22)27-14-5-7-17-19(10-14)34-24(31)28-17/h5,7,10,12-13,15H,2-4,6,8-9,11H2,1H3,(H,28,31)(H,25,26,27). The summed E-state index contributed by atoms with van der Waals surface area (Å²) >= 11 is 2.87. The number of hydrogen-bond donors (Lipinski definition) is 2. The fourth-order valence-corrected chi connectivity index (χ4v) is 7.21. The van der Waals surface area contributed by atoms with Gasteiger partial charge in [0.2, 0.25) is 5.91 Å². The molecule has 2 unspecified atom stereocenters. The van der Waals surface area contributed by atoms with E-state index in [1.165, 1.54) is 21.8 Å². The van der Waals surface area contributed by atoms with E-state index in [1.807, 2.05) is 23.1 Å². The molecule has 1 amide bonds. The number of thiazole rings is 1. The van der Waals surface area contributed by atoms with Crippen LogP contribution in [0.2, 0.25) is 0 Å². The molecule has 0 radical (unpaired) electrons. The number of nitrogens with one attached hydrogen (secondary N) is 2. The Hall–Kier alpha value is -2.82. The first kappa shape index (κ1) is 21.7. The molecule has 0 saturated carbocycles. The zero-order chi connectivity index (χ0) is 23.2. The molecule has 2 aliphatic rings. The Kier molecular flexibility index (Phi) is 5.59. The molecule has 3 aromatic heterocycles. The van der Waals surface area contributed by atoms with E-state index in [0.717, 1.165) is 70.6 Å². The lowest BCUT2D eigenvalue weighted by Crippen LogP contribution is -2.46. The molecule has 10 heteroatoms. The second-order valence-electron chi connectivity index (χ2n) is 8.98. The number of rotatable bonds is 4. The summed E-state index contributed by atoms with van der Waals surface area (Å²) in [7, 11) is 1.73. The molecule has 6 rings (SSSR count). The molecule has 1 aliphatic heterocycles. The van der Waals surface area contributed by atoms with Crippen LogP contribution in [0.4, 0.5) is 11.5 Å². The molecule has 2 atom stereocenters. The third-order valence-corrected chi connectivity index (χ3v) is 8.91. The van der Waals surface area contributed by atoms with Crippen LogP contribution >= 0.6 is 22.7 Å². The summed E-state index contributed by atoms with van der Waals surface area (Å²) in [6, 6.07) is 5.81. The summed E-state index contributed by atoms with van der Waals surface area (Å²) in [6.45, 7) is 1.53. The Bertz CT molecular complexity index is 1440. The summed E-state index contributed by atoms with van der Waals surface area (Å²) in [5, 5.41) is 4.49. The van der Waals surface area contributed by atoms with Crippen molar-refractivity contribution in [3.05, 3.63) is 44.6 Å². The summed E-state index contributed by atoms with van der Waals surface area (Å²) in [5.41, 5.74) is 2.97. The zero-order valence-electron chi connectivity index (χ0n) is 18.8. The van der Waals surface area contributed by atoms with Gasteiger partial charge >= 0.3 is 4.87 Å².